The number of nitrogens with one attached hydrogen (secondary N) is 1. The van der Waals surface area contributed by atoms with Gasteiger partial charge in [-0.15, -0.1) is 0 Å². The third-order valence-electron chi connectivity index (χ3n) is 3.22. The summed E-state index contributed by atoms with van der Waals surface area (Å²) in [5, 5.41) is 2.82. The number of rotatable bonds is 5. The molecule has 2 aromatic rings. The van der Waals surface area contributed by atoms with Crippen LogP contribution in [0.25, 0.3) is 0 Å². The summed E-state index contributed by atoms with van der Waals surface area (Å²) >= 11 is 5.87. The molecule has 0 bridgehead atoms. The van der Waals surface area contributed by atoms with Crippen molar-refractivity contribution >= 4 is 27.3 Å². The van der Waals surface area contributed by atoms with Gasteiger partial charge in [0.1, 0.15) is 5.75 Å². The SMILES string of the molecule is COc1ccccc1CNC(=O)c1ccc(Cl)c(S(C)(=O)=O)c1. The van der Waals surface area contributed by atoms with Gasteiger partial charge in [-0.25, -0.2) is 8.42 Å². The maximum atomic E-state index is 12.2. The Morgan fingerprint density at radius 1 is 1.22 bits per heavy atom. The summed E-state index contributed by atoms with van der Waals surface area (Å²) < 4.78 is 28.5. The Morgan fingerprint density at radius 2 is 1.91 bits per heavy atom. The number of ether oxygens (including phenoxy) is 1. The van der Waals surface area contributed by atoms with Crippen molar-refractivity contribution in [3.05, 3.63) is 58.6 Å². The lowest BCUT2D eigenvalue weighted by molar-refractivity contribution is 0.0950. The largest absolute Gasteiger partial charge is 0.496 e. The van der Waals surface area contributed by atoms with E-state index in [2.05, 4.69) is 5.32 Å². The molecule has 0 radical (unpaired) electrons. The van der Waals surface area contributed by atoms with Gasteiger partial charge in [0.25, 0.3) is 5.91 Å². The van der Waals surface area contributed by atoms with Crippen molar-refractivity contribution in [1.29, 1.82) is 0 Å². The van der Waals surface area contributed by atoms with Gasteiger partial charge >= 0.3 is 0 Å². The summed E-state index contributed by atoms with van der Waals surface area (Å²) in [7, 11) is -1.95. The third kappa shape index (κ3) is 4.24. The first-order valence-corrected chi connectivity index (χ1v) is 8.99. The highest BCUT2D eigenvalue weighted by Crippen LogP contribution is 2.23. The van der Waals surface area contributed by atoms with Crippen LogP contribution in [0, 0.1) is 0 Å². The molecule has 0 saturated carbocycles. The molecule has 0 heterocycles. The van der Waals surface area contributed by atoms with Gasteiger partial charge in [0, 0.05) is 23.9 Å². The van der Waals surface area contributed by atoms with Gasteiger partial charge < -0.3 is 10.1 Å². The van der Waals surface area contributed by atoms with Crippen LogP contribution in [0.5, 0.6) is 5.75 Å². The van der Waals surface area contributed by atoms with E-state index >= 15 is 0 Å². The van der Waals surface area contributed by atoms with Crippen molar-refractivity contribution in [3.63, 3.8) is 0 Å². The summed E-state index contributed by atoms with van der Waals surface area (Å²) in [6.45, 7) is 0.264. The van der Waals surface area contributed by atoms with Gasteiger partial charge in [-0.1, -0.05) is 29.8 Å². The Balaban J connectivity index is 2.19. The van der Waals surface area contributed by atoms with E-state index in [0.29, 0.717) is 5.75 Å². The summed E-state index contributed by atoms with van der Waals surface area (Å²) in [5.41, 5.74) is 1.05. The van der Waals surface area contributed by atoms with Crippen molar-refractivity contribution in [2.45, 2.75) is 11.4 Å². The maximum absolute atomic E-state index is 12.2. The molecule has 0 aliphatic heterocycles. The second-order valence-corrected chi connectivity index (χ2v) is 7.30. The molecule has 2 aromatic carbocycles. The molecule has 122 valence electrons. The van der Waals surface area contributed by atoms with Gasteiger partial charge in [0.15, 0.2) is 9.84 Å². The number of benzene rings is 2. The number of carbonyl (C=O) groups is 1. The first-order valence-electron chi connectivity index (χ1n) is 6.72. The Morgan fingerprint density at radius 3 is 2.57 bits per heavy atom. The number of halogens is 1. The minimum absolute atomic E-state index is 0.0656. The van der Waals surface area contributed by atoms with Gasteiger partial charge in [0.05, 0.1) is 17.0 Å². The zero-order valence-electron chi connectivity index (χ0n) is 12.7. The average molecular weight is 354 g/mol. The van der Waals surface area contributed by atoms with E-state index < -0.39 is 15.7 Å². The van der Waals surface area contributed by atoms with Crippen molar-refractivity contribution in [1.82, 2.24) is 5.32 Å². The van der Waals surface area contributed by atoms with Gasteiger partial charge in [-0.2, -0.15) is 0 Å². The molecule has 2 rings (SSSR count). The minimum atomic E-state index is -3.50. The van der Waals surface area contributed by atoms with Crippen LogP contribution in [-0.4, -0.2) is 27.7 Å². The van der Waals surface area contributed by atoms with E-state index in [-0.39, 0.29) is 22.0 Å². The van der Waals surface area contributed by atoms with Crippen molar-refractivity contribution in [2.75, 3.05) is 13.4 Å². The molecular formula is C16H16ClNO4S. The number of hydrogen-bond acceptors (Lipinski definition) is 4. The smallest absolute Gasteiger partial charge is 0.251 e. The first-order chi connectivity index (χ1) is 10.8. The summed E-state index contributed by atoms with van der Waals surface area (Å²) in [5.74, 6) is 0.276. The quantitative estimate of drug-likeness (QED) is 0.897. The molecule has 0 spiro atoms. The monoisotopic (exact) mass is 353 g/mol. The predicted octanol–water partition coefficient (Wildman–Crippen LogP) is 2.68. The van der Waals surface area contributed by atoms with Crippen LogP contribution in [0.1, 0.15) is 15.9 Å². The molecule has 1 amide bonds. The molecule has 0 fully saturated rings. The second kappa shape index (κ2) is 7.02. The topological polar surface area (TPSA) is 72.5 Å². The lowest BCUT2D eigenvalue weighted by Crippen LogP contribution is -2.23. The third-order valence-corrected chi connectivity index (χ3v) is 4.80. The molecule has 7 heteroatoms. The van der Waals surface area contributed by atoms with E-state index in [1.807, 2.05) is 18.2 Å². The Kier molecular flexibility index (Phi) is 5.28. The summed E-state index contributed by atoms with van der Waals surface area (Å²) in [6.07, 6.45) is 1.05. The molecule has 0 aliphatic carbocycles. The van der Waals surface area contributed by atoms with E-state index in [0.717, 1.165) is 11.8 Å². The van der Waals surface area contributed by atoms with Crippen molar-refractivity contribution in [3.8, 4) is 5.75 Å². The zero-order valence-corrected chi connectivity index (χ0v) is 14.2. The van der Waals surface area contributed by atoms with E-state index in [1.165, 1.54) is 18.2 Å². The van der Waals surface area contributed by atoms with Crippen molar-refractivity contribution in [2.24, 2.45) is 0 Å². The van der Waals surface area contributed by atoms with Crippen LogP contribution < -0.4 is 10.1 Å². The number of carbonyl (C=O) groups excluding carboxylic acids is 1. The van der Waals surface area contributed by atoms with Crippen LogP contribution in [0.15, 0.2) is 47.4 Å². The lowest BCUT2D eigenvalue weighted by atomic mass is 10.1. The zero-order chi connectivity index (χ0) is 17.0. The Labute approximate surface area is 140 Å². The Bertz CT molecular complexity index is 834. The highest BCUT2D eigenvalue weighted by molar-refractivity contribution is 7.90. The second-order valence-electron chi connectivity index (χ2n) is 4.91. The predicted molar refractivity (Wildman–Crippen MR) is 88.7 cm³/mol. The summed E-state index contributed by atoms with van der Waals surface area (Å²) in [4.78, 5) is 12.2. The number of amides is 1. The van der Waals surface area contributed by atoms with E-state index in [4.69, 9.17) is 16.3 Å². The van der Waals surface area contributed by atoms with Gasteiger partial charge in [0.2, 0.25) is 0 Å². The highest BCUT2D eigenvalue weighted by atomic mass is 35.5. The van der Waals surface area contributed by atoms with E-state index in [9.17, 15) is 13.2 Å². The van der Waals surface area contributed by atoms with Crippen LogP contribution >= 0.6 is 11.6 Å². The van der Waals surface area contributed by atoms with Gasteiger partial charge in [-0.3, -0.25) is 4.79 Å². The molecule has 1 N–H and O–H groups in total. The molecule has 0 unspecified atom stereocenters. The maximum Gasteiger partial charge on any atom is 0.251 e. The Hall–Kier alpha value is -2.05. The molecule has 0 aromatic heterocycles. The number of para-hydroxylation sites is 1. The van der Waals surface area contributed by atoms with Crippen LogP contribution in [0.2, 0.25) is 5.02 Å². The fourth-order valence-electron chi connectivity index (χ4n) is 2.06. The number of methoxy groups -OCH3 is 1. The number of hydrogen-bond donors (Lipinski definition) is 1. The van der Waals surface area contributed by atoms with Crippen LogP contribution in [0.3, 0.4) is 0 Å². The molecule has 0 atom stereocenters. The van der Waals surface area contributed by atoms with Crippen molar-refractivity contribution < 1.29 is 17.9 Å². The molecule has 23 heavy (non-hydrogen) atoms. The number of sulfone groups is 1. The normalized spacial score (nSPS) is 11.1. The molecule has 0 aliphatic rings. The molecule has 5 nitrogen and oxygen atoms in total. The first kappa shape index (κ1) is 17.3. The fourth-order valence-corrected chi connectivity index (χ4v) is 3.36. The van der Waals surface area contributed by atoms with E-state index in [1.54, 1.807) is 13.2 Å². The van der Waals surface area contributed by atoms with Gasteiger partial charge in [-0.05, 0) is 24.3 Å². The van der Waals surface area contributed by atoms with Crippen LogP contribution in [-0.2, 0) is 16.4 Å². The van der Waals surface area contributed by atoms with Crippen LogP contribution in [0.4, 0.5) is 0 Å². The molecule has 0 saturated heterocycles. The highest BCUT2D eigenvalue weighted by Gasteiger charge is 2.16. The molecular weight excluding hydrogens is 338 g/mol. The minimum Gasteiger partial charge on any atom is -0.496 e. The summed E-state index contributed by atoms with van der Waals surface area (Å²) in [6, 6.07) is 11.5. The standard InChI is InChI=1S/C16H16ClNO4S/c1-22-14-6-4-3-5-12(14)10-18-16(19)11-7-8-13(17)15(9-11)23(2,20)21/h3-9H,10H2,1-2H3,(H,18,19). The lowest BCUT2D eigenvalue weighted by Gasteiger charge is -2.10. The average Bonchev–Trinajstić information content (AvgIpc) is 2.52. The fraction of sp³-hybridized carbons (Fsp3) is 0.188.